The fourth-order valence-corrected chi connectivity index (χ4v) is 1.20. The lowest BCUT2D eigenvalue weighted by atomic mass is 10.1. The molecule has 1 N–H and O–H groups in total. The van der Waals surface area contributed by atoms with Crippen molar-refractivity contribution >= 4 is 5.97 Å². The number of esters is 1. The van der Waals surface area contributed by atoms with Crippen molar-refractivity contribution in [2.45, 2.75) is 26.2 Å². The highest BCUT2D eigenvalue weighted by molar-refractivity contribution is 5.73. The minimum absolute atomic E-state index is 0.135. The Morgan fingerprint density at radius 2 is 2.13 bits per heavy atom. The third-order valence-corrected chi connectivity index (χ3v) is 2.09. The Hall–Kier alpha value is -1.51. The minimum atomic E-state index is -0.287. The van der Waals surface area contributed by atoms with Crippen LogP contribution in [0.2, 0.25) is 0 Å². The topological polar surface area (TPSA) is 46.5 Å². The predicted octanol–water partition coefficient (Wildman–Crippen LogP) is 2.28. The molecule has 0 atom stereocenters. The van der Waals surface area contributed by atoms with Crippen molar-refractivity contribution in [3.05, 3.63) is 29.8 Å². The molecule has 1 aromatic carbocycles. The molecule has 0 bridgehead atoms. The number of phenolic OH excluding ortho intramolecular Hbond substituents is 1. The molecular weight excluding hydrogens is 192 g/mol. The average molecular weight is 208 g/mol. The van der Waals surface area contributed by atoms with Crippen LogP contribution in [0.4, 0.5) is 0 Å². The van der Waals surface area contributed by atoms with Crippen LogP contribution >= 0.6 is 0 Å². The van der Waals surface area contributed by atoms with Crippen LogP contribution in [-0.4, -0.2) is 17.7 Å². The molecule has 0 amide bonds. The maximum Gasteiger partial charge on any atom is 0.310 e. The van der Waals surface area contributed by atoms with Gasteiger partial charge in [0.25, 0.3) is 0 Å². The quantitative estimate of drug-likeness (QED) is 0.596. The summed E-state index contributed by atoms with van der Waals surface area (Å²) < 4.78 is 4.99. The van der Waals surface area contributed by atoms with Crippen molar-refractivity contribution < 1.29 is 14.6 Å². The Kier molecular flexibility index (Phi) is 4.68. The standard InChI is InChI=1S/C12H16O3/c1-2-3-8-15-12(14)9-10-6-4-5-7-11(10)13/h4-7,13H,2-3,8-9H2,1H3. The first-order valence-electron chi connectivity index (χ1n) is 5.16. The molecule has 0 spiro atoms. The van der Waals surface area contributed by atoms with Crippen molar-refractivity contribution in [1.82, 2.24) is 0 Å². The van der Waals surface area contributed by atoms with Gasteiger partial charge in [-0.1, -0.05) is 31.5 Å². The normalized spacial score (nSPS) is 9.93. The summed E-state index contributed by atoms with van der Waals surface area (Å²) in [7, 11) is 0. The summed E-state index contributed by atoms with van der Waals surface area (Å²) in [5, 5.41) is 9.42. The maximum absolute atomic E-state index is 11.3. The van der Waals surface area contributed by atoms with E-state index >= 15 is 0 Å². The zero-order chi connectivity index (χ0) is 11.1. The Labute approximate surface area is 89.7 Å². The largest absolute Gasteiger partial charge is 0.508 e. The maximum atomic E-state index is 11.3. The number of rotatable bonds is 5. The van der Waals surface area contributed by atoms with E-state index in [1.54, 1.807) is 24.3 Å². The molecule has 0 fully saturated rings. The van der Waals surface area contributed by atoms with Gasteiger partial charge in [-0.05, 0) is 12.5 Å². The van der Waals surface area contributed by atoms with E-state index in [4.69, 9.17) is 4.74 Å². The van der Waals surface area contributed by atoms with Gasteiger partial charge in [0.1, 0.15) is 5.75 Å². The van der Waals surface area contributed by atoms with Crippen LogP contribution in [-0.2, 0) is 16.0 Å². The van der Waals surface area contributed by atoms with Crippen LogP contribution in [0.5, 0.6) is 5.75 Å². The third-order valence-electron chi connectivity index (χ3n) is 2.09. The number of carbonyl (C=O) groups is 1. The molecular formula is C12H16O3. The highest BCUT2D eigenvalue weighted by atomic mass is 16.5. The molecule has 82 valence electrons. The molecule has 15 heavy (non-hydrogen) atoms. The highest BCUT2D eigenvalue weighted by Gasteiger charge is 2.07. The fourth-order valence-electron chi connectivity index (χ4n) is 1.20. The number of hydrogen-bond donors (Lipinski definition) is 1. The van der Waals surface area contributed by atoms with Gasteiger partial charge < -0.3 is 9.84 Å². The van der Waals surface area contributed by atoms with Crippen LogP contribution in [0.3, 0.4) is 0 Å². The predicted molar refractivity (Wildman–Crippen MR) is 57.7 cm³/mol. The first-order valence-corrected chi connectivity index (χ1v) is 5.16. The summed E-state index contributed by atoms with van der Waals surface area (Å²) in [5.74, 6) is -0.144. The SMILES string of the molecule is CCCCOC(=O)Cc1ccccc1O. The smallest absolute Gasteiger partial charge is 0.310 e. The lowest BCUT2D eigenvalue weighted by Crippen LogP contribution is -2.08. The lowest BCUT2D eigenvalue weighted by molar-refractivity contribution is -0.142. The third kappa shape index (κ3) is 4.02. The number of phenols is 1. The summed E-state index contributed by atoms with van der Waals surface area (Å²) in [6.45, 7) is 2.50. The second-order valence-corrected chi connectivity index (χ2v) is 3.38. The zero-order valence-corrected chi connectivity index (χ0v) is 8.90. The van der Waals surface area contributed by atoms with Crippen molar-refractivity contribution in [2.24, 2.45) is 0 Å². The van der Waals surface area contributed by atoms with Gasteiger partial charge in [0.05, 0.1) is 13.0 Å². The first kappa shape index (κ1) is 11.6. The van der Waals surface area contributed by atoms with Gasteiger partial charge in [-0.15, -0.1) is 0 Å². The summed E-state index contributed by atoms with van der Waals surface area (Å²) >= 11 is 0. The van der Waals surface area contributed by atoms with Crippen LogP contribution < -0.4 is 0 Å². The number of hydrogen-bond acceptors (Lipinski definition) is 3. The second-order valence-electron chi connectivity index (χ2n) is 3.38. The number of para-hydroxylation sites is 1. The van der Waals surface area contributed by atoms with E-state index in [9.17, 15) is 9.90 Å². The Balaban J connectivity index is 2.41. The number of unbranched alkanes of at least 4 members (excludes halogenated alkanes) is 1. The van der Waals surface area contributed by atoms with Gasteiger partial charge in [-0.25, -0.2) is 0 Å². The number of carbonyl (C=O) groups excluding carboxylic acids is 1. The molecule has 0 saturated carbocycles. The molecule has 0 aliphatic carbocycles. The van der Waals surface area contributed by atoms with E-state index in [0.29, 0.717) is 12.2 Å². The van der Waals surface area contributed by atoms with Crippen molar-refractivity contribution in [1.29, 1.82) is 0 Å². The van der Waals surface area contributed by atoms with E-state index < -0.39 is 0 Å². The van der Waals surface area contributed by atoms with E-state index in [2.05, 4.69) is 0 Å². The van der Waals surface area contributed by atoms with Crippen molar-refractivity contribution in [3.63, 3.8) is 0 Å². The summed E-state index contributed by atoms with van der Waals surface area (Å²) in [5.41, 5.74) is 0.610. The lowest BCUT2D eigenvalue weighted by Gasteiger charge is -2.05. The summed E-state index contributed by atoms with van der Waals surface area (Å²) in [6, 6.07) is 6.79. The Morgan fingerprint density at radius 1 is 1.40 bits per heavy atom. The van der Waals surface area contributed by atoms with E-state index in [1.807, 2.05) is 6.92 Å². The van der Waals surface area contributed by atoms with Crippen molar-refractivity contribution in [2.75, 3.05) is 6.61 Å². The molecule has 0 aromatic heterocycles. The summed E-state index contributed by atoms with van der Waals surface area (Å²) in [6.07, 6.45) is 2.02. The molecule has 0 radical (unpaired) electrons. The number of benzene rings is 1. The van der Waals surface area contributed by atoms with Gasteiger partial charge in [-0.3, -0.25) is 4.79 Å². The highest BCUT2D eigenvalue weighted by Crippen LogP contribution is 2.16. The van der Waals surface area contributed by atoms with Crippen LogP contribution in [0.15, 0.2) is 24.3 Å². The molecule has 0 heterocycles. The molecule has 3 nitrogen and oxygen atoms in total. The molecule has 0 unspecified atom stereocenters. The average Bonchev–Trinajstić information content (AvgIpc) is 2.22. The number of ether oxygens (including phenoxy) is 1. The molecule has 0 saturated heterocycles. The fraction of sp³-hybridized carbons (Fsp3) is 0.417. The minimum Gasteiger partial charge on any atom is -0.508 e. The Bertz CT molecular complexity index is 320. The van der Waals surface area contributed by atoms with Gasteiger partial charge in [-0.2, -0.15) is 0 Å². The van der Waals surface area contributed by atoms with Gasteiger partial charge >= 0.3 is 5.97 Å². The molecule has 0 aliphatic heterocycles. The van der Waals surface area contributed by atoms with Crippen LogP contribution in [0.1, 0.15) is 25.3 Å². The van der Waals surface area contributed by atoms with Crippen LogP contribution in [0.25, 0.3) is 0 Å². The van der Waals surface area contributed by atoms with Gasteiger partial charge in [0.2, 0.25) is 0 Å². The summed E-state index contributed by atoms with van der Waals surface area (Å²) in [4.78, 5) is 11.3. The second kappa shape index (κ2) is 6.06. The van der Waals surface area contributed by atoms with Crippen molar-refractivity contribution in [3.8, 4) is 5.75 Å². The molecule has 1 rings (SSSR count). The molecule has 1 aromatic rings. The van der Waals surface area contributed by atoms with E-state index in [-0.39, 0.29) is 18.1 Å². The van der Waals surface area contributed by atoms with Gasteiger partial charge in [0, 0.05) is 5.56 Å². The monoisotopic (exact) mass is 208 g/mol. The number of aromatic hydroxyl groups is 1. The van der Waals surface area contributed by atoms with Gasteiger partial charge in [0.15, 0.2) is 0 Å². The Morgan fingerprint density at radius 3 is 2.80 bits per heavy atom. The molecule has 3 heteroatoms. The zero-order valence-electron chi connectivity index (χ0n) is 8.90. The first-order chi connectivity index (χ1) is 7.24. The van der Waals surface area contributed by atoms with E-state index in [0.717, 1.165) is 12.8 Å². The molecule has 0 aliphatic rings. The van der Waals surface area contributed by atoms with E-state index in [1.165, 1.54) is 0 Å². The van der Waals surface area contributed by atoms with Crippen LogP contribution in [0, 0.1) is 0 Å².